The Bertz CT molecular complexity index is 596. The van der Waals surface area contributed by atoms with Crippen molar-refractivity contribution in [1.29, 1.82) is 0 Å². The predicted molar refractivity (Wildman–Crippen MR) is 75.8 cm³/mol. The highest BCUT2D eigenvalue weighted by Crippen LogP contribution is 2.26. The Kier molecular flexibility index (Phi) is 5.73. The zero-order chi connectivity index (χ0) is 16.9. The quantitative estimate of drug-likeness (QED) is 0.365. The van der Waals surface area contributed by atoms with Crippen LogP contribution in [0, 0.1) is 16.0 Å². The van der Waals surface area contributed by atoms with E-state index < -0.39 is 34.5 Å². The molecule has 1 aromatic carbocycles. The summed E-state index contributed by atoms with van der Waals surface area (Å²) in [6.45, 7) is 2.45. The third-order valence-electron chi connectivity index (χ3n) is 3.05. The highest BCUT2D eigenvalue weighted by atomic mass is 16.6. The molecule has 0 bridgehead atoms. The molecule has 0 aliphatic carbocycles. The number of nitro groups is 1. The lowest BCUT2D eigenvalue weighted by atomic mass is 9.89. The van der Waals surface area contributed by atoms with Gasteiger partial charge in [-0.3, -0.25) is 24.5 Å². The molecule has 0 saturated carbocycles. The average Bonchev–Trinajstić information content (AvgIpc) is 2.45. The Morgan fingerprint density at radius 3 is 2.09 bits per heavy atom. The minimum Gasteiger partial charge on any atom is -0.468 e. The van der Waals surface area contributed by atoms with Crippen LogP contribution in [-0.2, 0) is 19.1 Å². The summed E-state index contributed by atoms with van der Waals surface area (Å²) in [5.41, 5.74) is 0.258. The molecule has 22 heavy (non-hydrogen) atoms. The maximum absolute atomic E-state index is 11.8. The van der Waals surface area contributed by atoms with Crippen molar-refractivity contribution in [3.8, 4) is 0 Å². The Morgan fingerprint density at radius 2 is 1.73 bits per heavy atom. The molecule has 1 N–H and O–H groups in total. The third kappa shape index (κ3) is 4.11. The molecule has 0 aliphatic rings. The molecule has 0 unspecified atom stereocenters. The number of carbonyl (C=O) groups excluding carboxylic acids is 3. The molecular weight excluding hydrogens is 292 g/mol. The Morgan fingerprint density at radius 1 is 1.18 bits per heavy atom. The molecule has 0 heterocycles. The second-order valence-electron chi connectivity index (χ2n) is 4.64. The number of Topliss-reactive ketones (excluding diaryl/α,β-unsaturated/α-hetero) is 1. The molecule has 2 atom stereocenters. The first kappa shape index (κ1) is 17.3. The molecular formula is C14H16N2O6. The van der Waals surface area contributed by atoms with E-state index in [1.807, 2.05) is 0 Å². The summed E-state index contributed by atoms with van der Waals surface area (Å²) < 4.78 is 4.60. The predicted octanol–water partition coefficient (Wildman–Crippen LogP) is 1.15. The van der Waals surface area contributed by atoms with Gasteiger partial charge >= 0.3 is 5.97 Å². The van der Waals surface area contributed by atoms with Crippen LogP contribution in [0.15, 0.2) is 24.3 Å². The number of hydrogen-bond acceptors (Lipinski definition) is 6. The number of esters is 1. The molecule has 0 aliphatic heterocycles. The van der Waals surface area contributed by atoms with Crippen molar-refractivity contribution in [1.82, 2.24) is 5.32 Å². The van der Waals surface area contributed by atoms with Crippen molar-refractivity contribution in [2.45, 2.75) is 19.9 Å². The van der Waals surface area contributed by atoms with Crippen LogP contribution >= 0.6 is 0 Å². The molecule has 1 aromatic rings. The van der Waals surface area contributed by atoms with Gasteiger partial charge in [0.1, 0.15) is 11.7 Å². The zero-order valence-electron chi connectivity index (χ0n) is 12.4. The number of amides is 1. The molecule has 8 heteroatoms. The number of methoxy groups -OCH3 is 1. The van der Waals surface area contributed by atoms with Crippen molar-refractivity contribution in [2.24, 2.45) is 5.92 Å². The highest BCUT2D eigenvalue weighted by molar-refractivity contribution is 5.99. The summed E-state index contributed by atoms with van der Waals surface area (Å²) >= 11 is 0. The fraction of sp³-hybridized carbons (Fsp3) is 0.357. The maximum Gasteiger partial charge on any atom is 0.318 e. The SMILES string of the molecule is COC(=O)[C@@H](C(C)=O)[C@H](NC(C)=O)c1ccc([N+](=O)[O-])cc1. The summed E-state index contributed by atoms with van der Waals surface area (Å²) in [5, 5.41) is 13.2. The number of carbonyl (C=O) groups is 3. The molecule has 1 rings (SSSR count). The number of ether oxygens (including phenoxy) is 1. The van der Waals surface area contributed by atoms with Crippen LogP contribution in [0.5, 0.6) is 0 Å². The van der Waals surface area contributed by atoms with Gasteiger partial charge in [-0.25, -0.2) is 0 Å². The lowest BCUT2D eigenvalue weighted by molar-refractivity contribution is -0.384. The van der Waals surface area contributed by atoms with Crippen molar-refractivity contribution < 1.29 is 24.0 Å². The minimum absolute atomic E-state index is 0.136. The largest absolute Gasteiger partial charge is 0.468 e. The van der Waals surface area contributed by atoms with Gasteiger partial charge in [0.25, 0.3) is 5.69 Å². The van der Waals surface area contributed by atoms with Crippen molar-refractivity contribution in [3.63, 3.8) is 0 Å². The fourth-order valence-corrected chi connectivity index (χ4v) is 2.05. The van der Waals surface area contributed by atoms with Crippen LogP contribution in [-0.4, -0.2) is 29.7 Å². The summed E-state index contributed by atoms with van der Waals surface area (Å²) in [6.07, 6.45) is 0. The number of non-ortho nitro benzene ring substituents is 1. The van der Waals surface area contributed by atoms with E-state index in [4.69, 9.17) is 0 Å². The van der Waals surface area contributed by atoms with Gasteiger partial charge in [0.2, 0.25) is 5.91 Å². The molecule has 118 valence electrons. The lowest BCUT2D eigenvalue weighted by Gasteiger charge is -2.24. The number of hydrogen-bond donors (Lipinski definition) is 1. The van der Waals surface area contributed by atoms with E-state index in [9.17, 15) is 24.5 Å². The normalized spacial score (nSPS) is 12.9. The summed E-state index contributed by atoms with van der Waals surface area (Å²) in [7, 11) is 1.14. The summed E-state index contributed by atoms with van der Waals surface area (Å²) in [6, 6.07) is 4.29. The standard InChI is InChI=1S/C14H16N2O6/c1-8(17)12(14(19)22-3)13(15-9(2)18)10-4-6-11(7-5-10)16(20)21/h4-7,12-13H,1-3H3,(H,15,18)/t12-,13+/m0/s1. The highest BCUT2D eigenvalue weighted by Gasteiger charge is 2.35. The number of rotatable bonds is 6. The summed E-state index contributed by atoms with van der Waals surface area (Å²) in [5.74, 6) is -2.94. The second kappa shape index (κ2) is 7.30. The van der Waals surface area contributed by atoms with Gasteiger partial charge in [-0.2, -0.15) is 0 Å². The Balaban J connectivity index is 3.26. The Labute approximate surface area is 126 Å². The molecule has 8 nitrogen and oxygen atoms in total. The number of ketones is 1. The summed E-state index contributed by atoms with van der Waals surface area (Å²) in [4.78, 5) is 45.0. The molecule has 1 amide bonds. The van der Waals surface area contributed by atoms with Crippen LogP contribution in [0.1, 0.15) is 25.5 Å². The maximum atomic E-state index is 11.8. The van der Waals surface area contributed by atoms with Crippen molar-refractivity contribution >= 4 is 23.3 Å². The van der Waals surface area contributed by atoms with E-state index in [0.29, 0.717) is 5.56 Å². The smallest absolute Gasteiger partial charge is 0.318 e. The van der Waals surface area contributed by atoms with Gasteiger partial charge in [-0.1, -0.05) is 12.1 Å². The van der Waals surface area contributed by atoms with E-state index in [0.717, 1.165) is 7.11 Å². The molecule has 0 spiro atoms. The van der Waals surface area contributed by atoms with Gasteiger partial charge < -0.3 is 10.1 Å². The Hall–Kier alpha value is -2.77. The van der Waals surface area contributed by atoms with Gasteiger partial charge in [-0.15, -0.1) is 0 Å². The van der Waals surface area contributed by atoms with Crippen LogP contribution in [0.3, 0.4) is 0 Å². The molecule has 0 fully saturated rings. The lowest BCUT2D eigenvalue weighted by Crippen LogP contribution is -2.39. The van der Waals surface area contributed by atoms with Gasteiger partial charge in [0.15, 0.2) is 0 Å². The first-order valence-corrected chi connectivity index (χ1v) is 6.37. The van der Waals surface area contributed by atoms with Gasteiger partial charge in [0.05, 0.1) is 18.1 Å². The van der Waals surface area contributed by atoms with E-state index in [-0.39, 0.29) is 5.69 Å². The van der Waals surface area contributed by atoms with E-state index >= 15 is 0 Å². The van der Waals surface area contributed by atoms with Crippen LogP contribution in [0.2, 0.25) is 0 Å². The topological polar surface area (TPSA) is 116 Å². The van der Waals surface area contributed by atoms with Crippen molar-refractivity contribution in [3.05, 3.63) is 39.9 Å². The van der Waals surface area contributed by atoms with Crippen LogP contribution < -0.4 is 5.32 Å². The number of nitro benzene ring substituents is 1. The number of benzene rings is 1. The molecule has 0 aromatic heterocycles. The van der Waals surface area contributed by atoms with E-state index in [1.54, 1.807) is 0 Å². The molecule has 0 radical (unpaired) electrons. The number of nitrogens with one attached hydrogen (secondary N) is 1. The van der Waals surface area contributed by atoms with Crippen LogP contribution in [0.4, 0.5) is 5.69 Å². The minimum atomic E-state index is -1.23. The second-order valence-corrected chi connectivity index (χ2v) is 4.64. The third-order valence-corrected chi connectivity index (χ3v) is 3.05. The first-order valence-electron chi connectivity index (χ1n) is 6.37. The number of nitrogens with zero attached hydrogens (tertiary/aromatic N) is 1. The monoisotopic (exact) mass is 308 g/mol. The van der Waals surface area contributed by atoms with Gasteiger partial charge in [0, 0.05) is 19.1 Å². The molecule has 0 saturated heterocycles. The van der Waals surface area contributed by atoms with E-state index in [1.165, 1.54) is 38.1 Å². The average molecular weight is 308 g/mol. The fourth-order valence-electron chi connectivity index (χ4n) is 2.05. The van der Waals surface area contributed by atoms with Gasteiger partial charge in [-0.05, 0) is 12.5 Å². The zero-order valence-corrected chi connectivity index (χ0v) is 12.4. The first-order chi connectivity index (χ1) is 10.3. The van der Waals surface area contributed by atoms with Crippen molar-refractivity contribution in [2.75, 3.05) is 7.11 Å². The van der Waals surface area contributed by atoms with E-state index in [2.05, 4.69) is 10.1 Å². The van der Waals surface area contributed by atoms with Crippen LogP contribution in [0.25, 0.3) is 0 Å².